The predicted octanol–water partition coefficient (Wildman–Crippen LogP) is 3.56. The number of carbonyl (C=O) groups is 1. The quantitative estimate of drug-likeness (QED) is 0.736. The standard InChI is InChI=1S/C13H19NO/c15-13(12-8-9-14-10-12)11-6-4-2-1-3-5-7-11/h8-11,14H,1-7H2. The number of hydrogen-bond acceptors (Lipinski definition) is 1. The number of nitrogens with one attached hydrogen (secondary N) is 1. The lowest BCUT2D eigenvalue weighted by Crippen LogP contribution is -2.15. The van der Waals surface area contributed by atoms with Crippen LogP contribution in [-0.2, 0) is 0 Å². The normalized spacial score (nSPS) is 19.5. The third-order valence-electron chi connectivity index (χ3n) is 3.36. The zero-order chi connectivity index (χ0) is 10.5. The van der Waals surface area contributed by atoms with E-state index in [2.05, 4.69) is 4.98 Å². The second-order valence-electron chi connectivity index (χ2n) is 4.51. The summed E-state index contributed by atoms with van der Waals surface area (Å²) in [5, 5.41) is 0. The van der Waals surface area contributed by atoms with Gasteiger partial charge in [-0.05, 0) is 18.9 Å². The lowest BCUT2D eigenvalue weighted by Gasteiger charge is -2.17. The Morgan fingerprint density at radius 2 is 1.80 bits per heavy atom. The molecule has 1 aliphatic carbocycles. The first-order valence-corrected chi connectivity index (χ1v) is 6.05. The molecule has 2 heteroatoms. The molecule has 1 fully saturated rings. The van der Waals surface area contributed by atoms with Crippen LogP contribution in [0.4, 0.5) is 0 Å². The Morgan fingerprint density at radius 1 is 1.13 bits per heavy atom. The molecule has 1 aromatic rings. The van der Waals surface area contributed by atoms with E-state index in [1.165, 1.54) is 32.1 Å². The molecule has 2 rings (SSSR count). The largest absolute Gasteiger partial charge is 0.367 e. The minimum Gasteiger partial charge on any atom is -0.367 e. The van der Waals surface area contributed by atoms with Crippen LogP contribution >= 0.6 is 0 Å². The van der Waals surface area contributed by atoms with Gasteiger partial charge in [0.2, 0.25) is 0 Å². The number of aromatic amines is 1. The third kappa shape index (κ3) is 2.71. The van der Waals surface area contributed by atoms with Gasteiger partial charge in [-0.2, -0.15) is 0 Å². The van der Waals surface area contributed by atoms with E-state index in [0.717, 1.165) is 18.4 Å². The second kappa shape index (κ2) is 5.15. The first-order valence-electron chi connectivity index (χ1n) is 6.05. The zero-order valence-electron chi connectivity index (χ0n) is 9.17. The van der Waals surface area contributed by atoms with Gasteiger partial charge >= 0.3 is 0 Å². The number of carbonyl (C=O) groups excluding carboxylic acids is 1. The van der Waals surface area contributed by atoms with E-state index in [-0.39, 0.29) is 5.92 Å². The van der Waals surface area contributed by atoms with Gasteiger partial charge in [0.15, 0.2) is 5.78 Å². The van der Waals surface area contributed by atoms with Crippen LogP contribution in [0.1, 0.15) is 55.3 Å². The van der Waals surface area contributed by atoms with Crippen LogP contribution in [0.15, 0.2) is 18.5 Å². The van der Waals surface area contributed by atoms with Gasteiger partial charge in [-0.3, -0.25) is 4.79 Å². The molecule has 1 aromatic heterocycles. The summed E-state index contributed by atoms with van der Waals surface area (Å²) in [6.07, 6.45) is 12.2. The summed E-state index contributed by atoms with van der Waals surface area (Å²) in [6.45, 7) is 0. The minimum atomic E-state index is 0.279. The number of hydrogen-bond donors (Lipinski definition) is 1. The summed E-state index contributed by atoms with van der Waals surface area (Å²) in [5.74, 6) is 0.624. The van der Waals surface area contributed by atoms with E-state index in [9.17, 15) is 4.79 Å². The molecule has 0 bridgehead atoms. The average molecular weight is 205 g/mol. The summed E-state index contributed by atoms with van der Waals surface area (Å²) < 4.78 is 0. The van der Waals surface area contributed by atoms with Crippen molar-refractivity contribution < 1.29 is 4.79 Å². The Hall–Kier alpha value is -1.05. The molecule has 82 valence electrons. The Morgan fingerprint density at radius 3 is 2.40 bits per heavy atom. The lowest BCUT2D eigenvalue weighted by molar-refractivity contribution is 0.0898. The number of H-pyrrole nitrogens is 1. The smallest absolute Gasteiger partial charge is 0.167 e. The van der Waals surface area contributed by atoms with E-state index in [1.807, 2.05) is 18.5 Å². The van der Waals surface area contributed by atoms with Crippen LogP contribution in [0, 0.1) is 5.92 Å². The summed E-state index contributed by atoms with van der Waals surface area (Å²) in [7, 11) is 0. The molecule has 2 nitrogen and oxygen atoms in total. The fraction of sp³-hybridized carbons (Fsp3) is 0.615. The van der Waals surface area contributed by atoms with Crippen molar-refractivity contribution in [3.63, 3.8) is 0 Å². The van der Waals surface area contributed by atoms with Gasteiger partial charge in [-0.25, -0.2) is 0 Å². The first kappa shape index (κ1) is 10.5. The Kier molecular flexibility index (Phi) is 3.59. The van der Waals surface area contributed by atoms with Gasteiger partial charge in [0.05, 0.1) is 0 Å². The molecule has 1 saturated carbocycles. The van der Waals surface area contributed by atoms with Gasteiger partial charge < -0.3 is 4.98 Å². The maximum Gasteiger partial charge on any atom is 0.167 e. The first-order chi connectivity index (χ1) is 7.38. The Bertz CT molecular complexity index is 294. The topological polar surface area (TPSA) is 32.9 Å². The number of aromatic nitrogens is 1. The lowest BCUT2D eigenvalue weighted by atomic mass is 9.86. The molecule has 0 atom stereocenters. The summed E-state index contributed by atoms with van der Waals surface area (Å²) in [6, 6.07) is 1.89. The van der Waals surface area contributed by atoms with Gasteiger partial charge in [0.25, 0.3) is 0 Å². The maximum atomic E-state index is 12.1. The van der Waals surface area contributed by atoms with Crippen molar-refractivity contribution in [3.8, 4) is 0 Å². The molecule has 15 heavy (non-hydrogen) atoms. The van der Waals surface area contributed by atoms with Crippen LogP contribution in [0.2, 0.25) is 0 Å². The molecule has 0 aliphatic heterocycles. The van der Waals surface area contributed by atoms with Crippen molar-refractivity contribution in [1.29, 1.82) is 0 Å². The molecule has 1 heterocycles. The molecule has 0 saturated heterocycles. The van der Waals surface area contributed by atoms with Gasteiger partial charge in [-0.1, -0.05) is 32.1 Å². The molecule has 0 unspecified atom stereocenters. The van der Waals surface area contributed by atoms with E-state index >= 15 is 0 Å². The maximum absolute atomic E-state index is 12.1. The highest BCUT2D eigenvalue weighted by molar-refractivity contribution is 5.97. The highest BCUT2D eigenvalue weighted by atomic mass is 16.1. The highest BCUT2D eigenvalue weighted by Gasteiger charge is 2.20. The Labute approximate surface area is 91.1 Å². The molecule has 0 amide bonds. The predicted molar refractivity (Wildman–Crippen MR) is 60.9 cm³/mol. The van der Waals surface area contributed by atoms with Gasteiger partial charge in [0, 0.05) is 23.9 Å². The highest BCUT2D eigenvalue weighted by Crippen LogP contribution is 2.25. The molecule has 0 spiro atoms. The fourth-order valence-electron chi connectivity index (χ4n) is 2.43. The molecular weight excluding hydrogens is 186 g/mol. The summed E-state index contributed by atoms with van der Waals surface area (Å²) in [4.78, 5) is 15.1. The van der Waals surface area contributed by atoms with Crippen LogP contribution in [0.25, 0.3) is 0 Å². The van der Waals surface area contributed by atoms with Crippen molar-refractivity contribution in [3.05, 3.63) is 24.0 Å². The van der Waals surface area contributed by atoms with Crippen molar-refractivity contribution in [1.82, 2.24) is 4.98 Å². The molecule has 1 N–H and O–H groups in total. The van der Waals surface area contributed by atoms with Crippen molar-refractivity contribution >= 4 is 5.78 Å². The number of Topliss-reactive ketones (excluding diaryl/α,β-unsaturated/α-hetero) is 1. The van der Waals surface area contributed by atoms with Crippen LogP contribution in [0.5, 0.6) is 0 Å². The SMILES string of the molecule is O=C(c1cc[nH]c1)C1CCCCCCC1. The number of rotatable bonds is 2. The van der Waals surface area contributed by atoms with E-state index in [1.54, 1.807) is 0 Å². The van der Waals surface area contributed by atoms with Crippen molar-refractivity contribution in [2.24, 2.45) is 5.92 Å². The van der Waals surface area contributed by atoms with Crippen LogP contribution in [0.3, 0.4) is 0 Å². The van der Waals surface area contributed by atoms with Crippen LogP contribution in [-0.4, -0.2) is 10.8 Å². The summed E-state index contributed by atoms with van der Waals surface area (Å²) >= 11 is 0. The van der Waals surface area contributed by atoms with E-state index in [0.29, 0.717) is 5.78 Å². The van der Waals surface area contributed by atoms with E-state index in [4.69, 9.17) is 0 Å². The second-order valence-corrected chi connectivity index (χ2v) is 4.51. The van der Waals surface area contributed by atoms with Gasteiger partial charge in [0.1, 0.15) is 0 Å². The van der Waals surface area contributed by atoms with Crippen molar-refractivity contribution in [2.75, 3.05) is 0 Å². The minimum absolute atomic E-state index is 0.279. The van der Waals surface area contributed by atoms with Crippen LogP contribution < -0.4 is 0 Å². The van der Waals surface area contributed by atoms with E-state index < -0.39 is 0 Å². The average Bonchev–Trinajstić information content (AvgIpc) is 2.68. The fourth-order valence-corrected chi connectivity index (χ4v) is 2.43. The monoisotopic (exact) mass is 205 g/mol. The van der Waals surface area contributed by atoms with Gasteiger partial charge in [-0.15, -0.1) is 0 Å². The third-order valence-corrected chi connectivity index (χ3v) is 3.36. The molecular formula is C13H19NO. The molecule has 0 aromatic carbocycles. The van der Waals surface area contributed by atoms with Crippen molar-refractivity contribution in [2.45, 2.75) is 44.9 Å². The Balaban J connectivity index is 1.98. The number of ketones is 1. The molecule has 0 radical (unpaired) electrons. The zero-order valence-corrected chi connectivity index (χ0v) is 9.17. The molecule has 1 aliphatic rings. The summed E-state index contributed by atoms with van der Waals surface area (Å²) in [5.41, 5.74) is 0.862.